The first-order valence-electron chi connectivity index (χ1n) is 5.89. The van der Waals surface area contributed by atoms with Crippen molar-refractivity contribution in [3.05, 3.63) is 29.8 Å². The lowest BCUT2D eigenvalue weighted by atomic mass is 10.1. The van der Waals surface area contributed by atoms with Crippen LogP contribution in [0.4, 0.5) is 0 Å². The quantitative estimate of drug-likeness (QED) is 0.810. The second-order valence-corrected chi connectivity index (χ2v) is 5.31. The lowest BCUT2D eigenvalue weighted by molar-refractivity contribution is -0.141. The normalized spacial score (nSPS) is 22.5. The number of aliphatic hydroxyl groups is 1. The number of amides is 1. The highest BCUT2D eigenvalue weighted by molar-refractivity contribution is 7.98. The fraction of sp³-hybridized carbons (Fsp3) is 0.385. The van der Waals surface area contributed by atoms with Crippen molar-refractivity contribution < 1.29 is 19.8 Å². The highest BCUT2D eigenvalue weighted by Gasteiger charge is 2.39. The minimum atomic E-state index is -1.08. The fourth-order valence-corrected chi connectivity index (χ4v) is 2.58. The predicted molar refractivity (Wildman–Crippen MR) is 71.3 cm³/mol. The number of thioether (sulfide) groups is 1. The lowest BCUT2D eigenvalue weighted by Gasteiger charge is -2.21. The molecule has 1 amide bonds. The molecule has 0 aliphatic carbocycles. The summed E-state index contributed by atoms with van der Waals surface area (Å²) in [5, 5.41) is 18.6. The van der Waals surface area contributed by atoms with Crippen LogP contribution in [0.5, 0.6) is 0 Å². The molecule has 2 atom stereocenters. The van der Waals surface area contributed by atoms with E-state index in [4.69, 9.17) is 5.11 Å². The van der Waals surface area contributed by atoms with Gasteiger partial charge >= 0.3 is 5.97 Å². The van der Waals surface area contributed by atoms with E-state index in [-0.39, 0.29) is 18.9 Å². The number of carbonyl (C=O) groups is 2. The van der Waals surface area contributed by atoms with E-state index in [1.807, 2.05) is 18.4 Å². The SMILES string of the molecule is CSc1ccc(C(=O)N2C[C@H](O)C[C@@H]2C(=O)O)cc1. The Morgan fingerprint density at radius 3 is 2.47 bits per heavy atom. The molecule has 0 saturated carbocycles. The van der Waals surface area contributed by atoms with Crippen LogP contribution in [0.2, 0.25) is 0 Å². The Morgan fingerprint density at radius 1 is 1.32 bits per heavy atom. The van der Waals surface area contributed by atoms with E-state index < -0.39 is 18.1 Å². The Hall–Kier alpha value is -1.53. The number of nitrogens with zero attached hydrogens (tertiary/aromatic N) is 1. The molecule has 102 valence electrons. The summed E-state index contributed by atoms with van der Waals surface area (Å²) < 4.78 is 0. The molecule has 1 fully saturated rings. The van der Waals surface area contributed by atoms with Gasteiger partial charge in [0.15, 0.2) is 0 Å². The molecule has 0 radical (unpaired) electrons. The van der Waals surface area contributed by atoms with E-state index in [0.717, 1.165) is 4.90 Å². The van der Waals surface area contributed by atoms with Gasteiger partial charge in [0.05, 0.1) is 6.10 Å². The van der Waals surface area contributed by atoms with Crippen molar-refractivity contribution in [2.24, 2.45) is 0 Å². The maximum absolute atomic E-state index is 12.3. The van der Waals surface area contributed by atoms with Crippen molar-refractivity contribution in [3.63, 3.8) is 0 Å². The Balaban J connectivity index is 2.20. The van der Waals surface area contributed by atoms with E-state index >= 15 is 0 Å². The lowest BCUT2D eigenvalue weighted by Crippen LogP contribution is -2.40. The van der Waals surface area contributed by atoms with Crippen LogP contribution in [0.3, 0.4) is 0 Å². The fourth-order valence-electron chi connectivity index (χ4n) is 2.17. The second kappa shape index (κ2) is 5.63. The Morgan fingerprint density at radius 2 is 1.95 bits per heavy atom. The van der Waals surface area contributed by atoms with Crippen molar-refractivity contribution in [2.45, 2.75) is 23.5 Å². The number of hydrogen-bond acceptors (Lipinski definition) is 4. The van der Waals surface area contributed by atoms with Gasteiger partial charge in [0.2, 0.25) is 0 Å². The zero-order chi connectivity index (χ0) is 14.0. The summed E-state index contributed by atoms with van der Waals surface area (Å²) in [7, 11) is 0. The number of hydrogen-bond donors (Lipinski definition) is 2. The van der Waals surface area contributed by atoms with Crippen molar-refractivity contribution in [2.75, 3.05) is 12.8 Å². The molecule has 1 aliphatic rings. The van der Waals surface area contributed by atoms with Gasteiger partial charge in [-0.15, -0.1) is 11.8 Å². The predicted octanol–water partition coefficient (Wildman–Crippen LogP) is 1.07. The van der Waals surface area contributed by atoms with E-state index in [0.29, 0.717) is 5.56 Å². The number of likely N-dealkylation sites (tertiary alicyclic amines) is 1. The third-order valence-electron chi connectivity index (χ3n) is 3.16. The molecule has 1 heterocycles. The van der Waals surface area contributed by atoms with E-state index in [9.17, 15) is 14.7 Å². The first kappa shape index (κ1) is 13.9. The van der Waals surface area contributed by atoms with Gasteiger partial charge in [-0.3, -0.25) is 4.79 Å². The highest BCUT2D eigenvalue weighted by atomic mass is 32.2. The van der Waals surface area contributed by atoms with Crippen molar-refractivity contribution >= 4 is 23.6 Å². The molecule has 0 aromatic heterocycles. The zero-order valence-electron chi connectivity index (χ0n) is 10.4. The standard InChI is InChI=1S/C13H15NO4S/c1-19-10-4-2-8(3-5-10)12(16)14-7-9(15)6-11(14)13(17)18/h2-5,9,11,15H,6-7H2,1H3,(H,17,18)/t9-,11-/m1/s1. The number of aliphatic carboxylic acids is 1. The summed E-state index contributed by atoms with van der Waals surface area (Å²) in [5.74, 6) is -1.43. The first-order chi connectivity index (χ1) is 9.02. The van der Waals surface area contributed by atoms with Gasteiger partial charge in [-0.25, -0.2) is 4.79 Å². The summed E-state index contributed by atoms with van der Waals surface area (Å²) in [5.41, 5.74) is 0.443. The Bertz CT molecular complexity index is 488. The van der Waals surface area contributed by atoms with Gasteiger partial charge in [0, 0.05) is 23.4 Å². The molecule has 6 heteroatoms. The summed E-state index contributed by atoms with van der Waals surface area (Å²) in [6.45, 7) is 0.0695. The van der Waals surface area contributed by atoms with E-state index in [1.54, 1.807) is 23.9 Å². The smallest absolute Gasteiger partial charge is 0.326 e. The number of rotatable bonds is 3. The molecule has 2 rings (SSSR count). The minimum absolute atomic E-state index is 0.0695. The van der Waals surface area contributed by atoms with Gasteiger partial charge in [0.25, 0.3) is 5.91 Å². The molecule has 5 nitrogen and oxygen atoms in total. The summed E-state index contributed by atoms with van der Waals surface area (Å²) in [6.07, 6.45) is 1.26. The van der Waals surface area contributed by atoms with Gasteiger partial charge in [-0.05, 0) is 30.5 Å². The summed E-state index contributed by atoms with van der Waals surface area (Å²) in [4.78, 5) is 25.6. The van der Waals surface area contributed by atoms with Crippen LogP contribution >= 0.6 is 11.8 Å². The molecule has 0 spiro atoms. The number of carboxylic acids is 1. The average Bonchev–Trinajstić information content (AvgIpc) is 2.80. The second-order valence-electron chi connectivity index (χ2n) is 4.43. The molecule has 1 aromatic carbocycles. The number of β-amino-alcohol motifs (C(OH)–C–C–N with tert-alkyl or cyclic N) is 1. The summed E-state index contributed by atoms with van der Waals surface area (Å²) in [6, 6.07) is 6.05. The van der Waals surface area contributed by atoms with E-state index in [1.165, 1.54) is 4.90 Å². The number of carbonyl (C=O) groups excluding carboxylic acids is 1. The largest absolute Gasteiger partial charge is 0.480 e. The van der Waals surface area contributed by atoms with Crippen LogP contribution in [-0.2, 0) is 4.79 Å². The molecular weight excluding hydrogens is 266 g/mol. The van der Waals surface area contributed by atoms with Crippen molar-refractivity contribution in [1.82, 2.24) is 4.90 Å². The monoisotopic (exact) mass is 281 g/mol. The molecule has 0 bridgehead atoms. The molecular formula is C13H15NO4S. The van der Waals surface area contributed by atoms with Gasteiger partial charge in [-0.1, -0.05) is 0 Å². The van der Waals surface area contributed by atoms with Crippen molar-refractivity contribution in [3.8, 4) is 0 Å². The van der Waals surface area contributed by atoms with Gasteiger partial charge < -0.3 is 15.1 Å². The Kier molecular flexibility index (Phi) is 4.11. The maximum Gasteiger partial charge on any atom is 0.326 e. The number of benzene rings is 1. The minimum Gasteiger partial charge on any atom is -0.480 e. The van der Waals surface area contributed by atoms with Gasteiger partial charge in [-0.2, -0.15) is 0 Å². The molecule has 2 N–H and O–H groups in total. The molecule has 1 aliphatic heterocycles. The zero-order valence-corrected chi connectivity index (χ0v) is 11.3. The molecule has 1 aromatic rings. The molecule has 19 heavy (non-hydrogen) atoms. The number of carboxylic acid groups (broad SMARTS) is 1. The van der Waals surface area contributed by atoms with Gasteiger partial charge in [0.1, 0.15) is 6.04 Å². The van der Waals surface area contributed by atoms with Crippen LogP contribution in [0.15, 0.2) is 29.2 Å². The molecule has 1 saturated heterocycles. The number of aliphatic hydroxyl groups excluding tert-OH is 1. The maximum atomic E-state index is 12.3. The summed E-state index contributed by atoms with van der Waals surface area (Å²) >= 11 is 1.57. The average molecular weight is 281 g/mol. The van der Waals surface area contributed by atoms with Crippen molar-refractivity contribution in [1.29, 1.82) is 0 Å². The first-order valence-corrected chi connectivity index (χ1v) is 7.11. The third kappa shape index (κ3) is 2.90. The highest BCUT2D eigenvalue weighted by Crippen LogP contribution is 2.22. The Labute approximate surface area is 115 Å². The van der Waals surface area contributed by atoms with Crippen LogP contribution in [0, 0.1) is 0 Å². The van der Waals surface area contributed by atoms with Crippen LogP contribution in [-0.4, -0.2) is 51.9 Å². The third-order valence-corrected chi connectivity index (χ3v) is 3.91. The van der Waals surface area contributed by atoms with Crippen LogP contribution in [0.25, 0.3) is 0 Å². The van der Waals surface area contributed by atoms with E-state index in [2.05, 4.69) is 0 Å². The van der Waals surface area contributed by atoms with Crippen LogP contribution < -0.4 is 0 Å². The topological polar surface area (TPSA) is 77.8 Å². The molecule has 0 unspecified atom stereocenters. The van der Waals surface area contributed by atoms with Crippen LogP contribution in [0.1, 0.15) is 16.8 Å².